The summed E-state index contributed by atoms with van der Waals surface area (Å²) in [5.74, 6) is -1.05. The quantitative estimate of drug-likeness (QED) is 0.306. The molecule has 3 aromatic carbocycles. The Morgan fingerprint density at radius 2 is 1.88 bits per heavy atom. The van der Waals surface area contributed by atoms with Crippen LogP contribution in [0.25, 0.3) is 22.3 Å². The smallest absolute Gasteiger partial charge is 0.309 e. The molecule has 1 aromatic heterocycles. The van der Waals surface area contributed by atoms with Gasteiger partial charge in [0, 0.05) is 36.1 Å². The summed E-state index contributed by atoms with van der Waals surface area (Å²) in [7, 11) is 1.51. The number of rotatable bonds is 7. The van der Waals surface area contributed by atoms with Gasteiger partial charge in [-0.2, -0.15) is 0 Å². The summed E-state index contributed by atoms with van der Waals surface area (Å²) in [6.07, 6.45) is 0. The van der Waals surface area contributed by atoms with Gasteiger partial charge in [0.15, 0.2) is 0 Å². The summed E-state index contributed by atoms with van der Waals surface area (Å²) in [4.78, 5) is 18.0. The lowest BCUT2D eigenvalue weighted by Crippen LogP contribution is -2.49. The Labute approximate surface area is 195 Å². The summed E-state index contributed by atoms with van der Waals surface area (Å²) in [5, 5.41) is 14.0. The molecule has 0 saturated carbocycles. The number of carboxylic acid groups (broad SMARTS) is 1. The maximum Gasteiger partial charge on any atom is 0.309 e. The molecule has 6 nitrogen and oxygen atoms in total. The number of fused-ring (bicyclic) bond motifs is 1. The fraction of sp³-hybridized carbons (Fsp3) is 0.185. The maximum atomic E-state index is 15.0. The molecule has 0 amide bonds. The van der Waals surface area contributed by atoms with Crippen LogP contribution in [-0.2, 0) is 16.2 Å². The molecule has 0 unspecified atom stereocenters. The molecule has 2 heterocycles. The molecule has 1 N–H and O–H groups in total. The number of carbonyl (C=O) groups is 1. The highest BCUT2D eigenvalue weighted by molar-refractivity contribution is 6.13. The number of nitrogens with zero attached hydrogens (tertiary/aromatic N) is 2. The van der Waals surface area contributed by atoms with Crippen LogP contribution in [-0.4, -0.2) is 41.9 Å². The first-order valence-corrected chi connectivity index (χ1v) is 11.0. The molecule has 0 bridgehead atoms. The largest absolute Gasteiger partial charge is 0.481 e. The average Bonchev–Trinajstić information content (AvgIpc) is 3.23. The van der Waals surface area contributed by atoms with Crippen molar-refractivity contribution >= 4 is 22.7 Å². The molecule has 0 spiro atoms. The predicted octanol–water partition coefficient (Wildman–Crippen LogP) is 5.15. The number of halogens is 1. The number of benzene rings is 3. The Bertz CT molecular complexity index is 1370. The van der Waals surface area contributed by atoms with Crippen molar-refractivity contribution in [2.75, 3.05) is 20.2 Å². The number of likely N-dealkylation sites (tertiary alicyclic amines) is 1. The van der Waals surface area contributed by atoms with Crippen molar-refractivity contribution in [3.63, 3.8) is 0 Å². The fourth-order valence-electron chi connectivity index (χ4n) is 4.25. The van der Waals surface area contributed by atoms with Crippen LogP contribution < -0.4 is 0 Å². The van der Waals surface area contributed by atoms with Crippen molar-refractivity contribution in [1.29, 1.82) is 0 Å². The van der Waals surface area contributed by atoms with Crippen molar-refractivity contribution in [3.05, 3.63) is 95.3 Å². The first kappa shape index (κ1) is 21.9. The van der Waals surface area contributed by atoms with Gasteiger partial charge in [0.1, 0.15) is 30.0 Å². The van der Waals surface area contributed by atoms with Crippen LogP contribution in [0.3, 0.4) is 0 Å². The number of hydrogen-bond acceptors (Lipinski definition) is 5. The zero-order valence-corrected chi connectivity index (χ0v) is 18.6. The SMILES string of the molecule is CON=C(c1ccccc1)c1ccc2oc(-c3ccc(CN4CC(C(=O)O)C4)cc3F)cc2c1. The Morgan fingerprint density at radius 3 is 2.59 bits per heavy atom. The molecule has 4 aromatic rings. The van der Waals surface area contributed by atoms with Crippen molar-refractivity contribution in [1.82, 2.24) is 4.90 Å². The minimum Gasteiger partial charge on any atom is -0.481 e. The molecule has 0 atom stereocenters. The molecule has 7 heteroatoms. The second-order valence-corrected chi connectivity index (χ2v) is 8.40. The van der Waals surface area contributed by atoms with Gasteiger partial charge in [-0.3, -0.25) is 9.69 Å². The lowest BCUT2D eigenvalue weighted by molar-refractivity contribution is -0.147. The number of carboxylic acids is 1. The molecule has 5 rings (SSSR count). The van der Waals surface area contributed by atoms with E-state index in [2.05, 4.69) is 5.16 Å². The van der Waals surface area contributed by atoms with Crippen molar-refractivity contribution in [2.24, 2.45) is 11.1 Å². The average molecular weight is 458 g/mol. The standard InChI is InChI=1S/C27H23FN2O4/c1-33-29-26(18-5-3-2-4-6-18)19-8-10-24-20(12-19)13-25(34-24)22-9-7-17(11-23(22)28)14-30-15-21(16-30)27(31)32/h2-13,21H,14-16H2,1H3,(H,31,32). The highest BCUT2D eigenvalue weighted by atomic mass is 19.1. The molecule has 0 aliphatic carbocycles. The van der Waals surface area contributed by atoms with Gasteiger partial charge >= 0.3 is 5.97 Å². The van der Waals surface area contributed by atoms with Crippen LogP contribution in [0.4, 0.5) is 4.39 Å². The summed E-state index contributed by atoms with van der Waals surface area (Å²) in [6, 6.07) is 22.3. The van der Waals surface area contributed by atoms with E-state index in [0.29, 0.717) is 42.3 Å². The number of aliphatic carboxylic acids is 1. The maximum absolute atomic E-state index is 15.0. The van der Waals surface area contributed by atoms with E-state index in [0.717, 1.165) is 22.1 Å². The lowest BCUT2D eigenvalue weighted by atomic mass is 9.99. The van der Waals surface area contributed by atoms with E-state index < -0.39 is 5.97 Å². The monoisotopic (exact) mass is 458 g/mol. The van der Waals surface area contributed by atoms with Crippen LogP contribution >= 0.6 is 0 Å². The number of hydrogen-bond donors (Lipinski definition) is 1. The van der Waals surface area contributed by atoms with Gasteiger partial charge in [0.25, 0.3) is 0 Å². The third-order valence-electron chi connectivity index (χ3n) is 6.03. The van der Waals surface area contributed by atoms with Gasteiger partial charge in [-0.15, -0.1) is 0 Å². The van der Waals surface area contributed by atoms with Crippen LogP contribution in [0, 0.1) is 11.7 Å². The van der Waals surface area contributed by atoms with Gasteiger partial charge in [0.05, 0.1) is 11.5 Å². The van der Waals surface area contributed by atoms with Gasteiger partial charge in [-0.1, -0.05) is 41.6 Å². The molecule has 1 fully saturated rings. The number of furan rings is 1. The van der Waals surface area contributed by atoms with E-state index in [1.54, 1.807) is 6.07 Å². The van der Waals surface area contributed by atoms with Crippen LogP contribution in [0.15, 0.2) is 82.4 Å². The minimum absolute atomic E-state index is 0.332. The number of oxime groups is 1. The lowest BCUT2D eigenvalue weighted by Gasteiger charge is -2.36. The fourth-order valence-corrected chi connectivity index (χ4v) is 4.25. The van der Waals surface area contributed by atoms with E-state index in [1.807, 2.05) is 65.6 Å². The van der Waals surface area contributed by atoms with Gasteiger partial charge in [-0.05, 0) is 42.0 Å². The van der Waals surface area contributed by atoms with E-state index in [1.165, 1.54) is 13.2 Å². The van der Waals surface area contributed by atoms with E-state index in [-0.39, 0.29) is 11.7 Å². The second kappa shape index (κ2) is 9.11. The second-order valence-electron chi connectivity index (χ2n) is 8.40. The Kier molecular flexibility index (Phi) is 5.86. The summed E-state index contributed by atoms with van der Waals surface area (Å²) >= 11 is 0. The Hall–Kier alpha value is -3.97. The zero-order chi connectivity index (χ0) is 23.7. The highest BCUT2D eigenvalue weighted by Crippen LogP contribution is 2.31. The van der Waals surface area contributed by atoms with Crippen LogP contribution in [0.5, 0.6) is 0 Å². The molecule has 1 aliphatic heterocycles. The molecule has 34 heavy (non-hydrogen) atoms. The van der Waals surface area contributed by atoms with Gasteiger partial charge < -0.3 is 14.4 Å². The van der Waals surface area contributed by atoms with Crippen LogP contribution in [0.2, 0.25) is 0 Å². The summed E-state index contributed by atoms with van der Waals surface area (Å²) in [5.41, 5.74) is 4.30. The normalized spacial score (nSPS) is 14.8. The van der Waals surface area contributed by atoms with Crippen LogP contribution in [0.1, 0.15) is 16.7 Å². The summed E-state index contributed by atoms with van der Waals surface area (Å²) < 4.78 is 20.9. The molecule has 0 radical (unpaired) electrons. The van der Waals surface area contributed by atoms with E-state index in [9.17, 15) is 9.18 Å². The predicted molar refractivity (Wildman–Crippen MR) is 127 cm³/mol. The third kappa shape index (κ3) is 4.30. The van der Waals surface area contributed by atoms with Crippen molar-refractivity contribution < 1.29 is 23.5 Å². The first-order chi connectivity index (χ1) is 16.5. The molecular formula is C27H23FN2O4. The highest BCUT2D eigenvalue weighted by Gasteiger charge is 2.32. The topological polar surface area (TPSA) is 75.3 Å². The minimum atomic E-state index is -0.782. The van der Waals surface area contributed by atoms with Gasteiger partial charge in [0.2, 0.25) is 0 Å². The van der Waals surface area contributed by atoms with Gasteiger partial charge in [-0.25, -0.2) is 4.39 Å². The first-order valence-electron chi connectivity index (χ1n) is 11.0. The zero-order valence-electron chi connectivity index (χ0n) is 18.6. The van der Waals surface area contributed by atoms with E-state index in [4.69, 9.17) is 14.4 Å². The molecular weight excluding hydrogens is 435 g/mol. The Morgan fingerprint density at radius 1 is 1.09 bits per heavy atom. The molecule has 1 aliphatic rings. The summed E-state index contributed by atoms with van der Waals surface area (Å²) in [6.45, 7) is 1.50. The van der Waals surface area contributed by atoms with Crippen molar-refractivity contribution in [2.45, 2.75) is 6.54 Å². The molecule has 1 saturated heterocycles. The van der Waals surface area contributed by atoms with E-state index >= 15 is 0 Å². The Balaban J connectivity index is 1.39. The van der Waals surface area contributed by atoms with Crippen molar-refractivity contribution in [3.8, 4) is 11.3 Å². The molecule has 172 valence electrons. The third-order valence-corrected chi connectivity index (χ3v) is 6.03.